The van der Waals surface area contributed by atoms with E-state index in [1.165, 1.54) is 0 Å². The van der Waals surface area contributed by atoms with E-state index in [1.54, 1.807) is 0 Å². The van der Waals surface area contributed by atoms with Gasteiger partial charge < -0.3 is 11.5 Å². The number of primary amides is 2. The summed E-state index contributed by atoms with van der Waals surface area (Å²) in [5.41, 5.74) is 13.3. The van der Waals surface area contributed by atoms with Crippen molar-refractivity contribution in [1.29, 1.82) is 0 Å². The van der Waals surface area contributed by atoms with Gasteiger partial charge in [-0.1, -0.05) is 54.6 Å². The molecule has 1 heterocycles. The Kier molecular flexibility index (Phi) is 4.98. The lowest BCUT2D eigenvalue weighted by molar-refractivity contribution is -0.118. The lowest BCUT2D eigenvalue weighted by atomic mass is 10.0. The zero-order chi connectivity index (χ0) is 18.5. The summed E-state index contributed by atoms with van der Waals surface area (Å²) in [6.07, 6.45) is -0.271. The molecular weight excluding hydrogens is 330 g/mol. The summed E-state index contributed by atoms with van der Waals surface area (Å²) in [5.74, 6) is -0.331. The molecule has 0 aliphatic carbocycles. The van der Waals surface area contributed by atoms with Crippen molar-refractivity contribution in [3.63, 3.8) is 0 Å². The van der Waals surface area contributed by atoms with Gasteiger partial charge in [-0.2, -0.15) is 0 Å². The molecule has 3 rings (SSSR count). The van der Waals surface area contributed by atoms with Crippen molar-refractivity contribution in [1.82, 2.24) is 15.0 Å². The molecule has 0 bridgehead atoms. The number of carbonyl (C=O) groups excluding carboxylic acids is 2. The first-order chi connectivity index (χ1) is 12.5. The van der Waals surface area contributed by atoms with Gasteiger partial charge in [0.05, 0.1) is 12.8 Å². The average molecular weight is 347 g/mol. The van der Waals surface area contributed by atoms with Crippen LogP contribution in [0.5, 0.6) is 0 Å². The van der Waals surface area contributed by atoms with E-state index in [2.05, 4.69) is 15.0 Å². The molecule has 0 aliphatic heterocycles. The Hall–Kier alpha value is -3.61. The fraction of sp³-hybridized carbons (Fsp3) is 0.105. The molecule has 0 unspecified atom stereocenters. The van der Waals surface area contributed by atoms with Gasteiger partial charge in [0.25, 0.3) is 0 Å². The highest BCUT2D eigenvalue weighted by Crippen LogP contribution is 2.23. The monoisotopic (exact) mass is 347 g/mol. The lowest BCUT2D eigenvalue weighted by Crippen LogP contribution is -2.20. The third kappa shape index (κ3) is 4.27. The number of aromatic nitrogens is 3. The summed E-state index contributed by atoms with van der Waals surface area (Å²) in [5, 5.41) is 0. The number of amides is 2. The van der Waals surface area contributed by atoms with Crippen LogP contribution >= 0.6 is 0 Å². The summed E-state index contributed by atoms with van der Waals surface area (Å²) < 4.78 is 0. The van der Waals surface area contributed by atoms with Crippen molar-refractivity contribution >= 4 is 11.8 Å². The van der Waals surface area contributed by atoms with Crippen LogP contribution in [0.4, 0.5) is 0 Å². The number of benzene rings is 2. The van der Waals surface area contributed by atoms with Crippen LogP contribution in [0.15, 0.2) is 54.6 Å². The molecule has 0 saturated carbocycles. The molecular formula is C19H17N5O2. The molecule has 0 radical (unpaired) electrons. The first-order valence-electron chi connectivity index (χ1n) is 7.97. The predicted molar refractivity (Wildman–Crippen MR) is 96.5 cm³/mol. The summed E-state index contributed by atoms with van der Waals surface area (Å²) in [4.78, 5) is 35.0. The summed E-state index contributed by atoms with van der Waals surface area (Å²) in [7, 11) is 0. The number of hydrogen-bond acceptors (Lipinski definition) is 5. The molecule has 2 amide bonds. The fourth-order valence-electron chi connectivity index (χ4n) is 2.51. The van der Waals surface area contributed by atoms with E-state index in [0.717, 1.165) is 16.7 Å². The normalized spacial score (nSPS) is 10.5. The van der Waals surface area contributed by atoms with Crippen LogP contribution in [0.1, 0.15) is 11.6 Å². The second kappa shape index (κ2) is 7.52. The molecule has 0 atom stereocenters. The van der Waals surface area contributed by atoms with E-state index in [4.69, 9.17) is 11.5 Å². The highest BCUT2D eigenvalue weighted by Gasteiger charge is 2.12. The van der Waals surface area contributed by atoms with Gasteiger partial charge in [-0.3, -0.25) is 9.59 Å². The second-order valence-corrected chi connectivity index (χ2v) is 5.72. The van der Waals surface area contributed by atoms with Crippen LogP contribution in [0.2, 0.25) is 0 Å². The lowest BCUT2D eigenvalue weighted by Gasteiger charge is -2.07. The molecule has 26 heavy (non-hydrogen) atoms. The fourth-order valence-corrected chi connectivity index (χ4v) is 2.51. The Labute approximate surface area is 150 Å². The van der Waals surface area contributed by atoms with Crippen molar-refractivity contribution in [3.8, 4) is 22.5 Å². The molecule has 0 saturated heterocycles. The maximum absolute atomic E-state index is 11.2. The topological polar surface area (TPSA) is 125 Å². The number of nitrogens with zero attached hydrogens (tertiary/aromatic N) is 3. The van der Waals surface area contributed by atoms with E-state index in [1.807, 2.05) is 54.6 Å². The minimum atomic E-state index is -0.563. The SMILES string of the molecule is NC(=O)Cc1nc(CC(N)=O)nc(-c2ccc(-c3ccccc3)cc2)n1. The molecule has 0 fully saturated rings. The quantitative estimate of drug-likeness (QED) is 0.694. The largest absolute Gasteiger partial charge is 0.369 e. The first-order valence-corrected chi connectivity index (χ1v) is 7.97. The van der Waals surface area contributed by atoms with Gasteiger partial charge in [0.2, 0.25) is 11.8 Å². The maximum atomic E-state index is 11.2. The minimum absolute atomic E-state index is 0.136. The van der Waals surface area contributed by atoms with Gasteiger partial charge in [0, 0.05) is 5.56 Å². The Morgan fingerprint density at radius 2 is 1.12 bits per heavy atom. The van der Waals surface area contributed by atoms with Crippen molar-refractivity contribution < 1.29 is 9.59 Å². The van der Waals surface area contributed by atoms with Crippen LogP contribution < -0.4 is 11.5 Å². The summed E-state index contributed by atoms with van der Waals surface area (Å²) in [6.45, 7) is 0. The van der Waals surface area contributed by atoms with Crippen LogP contribution in [0.3, 0.4) is 0 Å². The Morgan fingerprint density at radius 1 is 0.654 bits per heavy atom. The zero-order valence-corrected chi connectivity index (χ0v) is 13.9. The van der Waals surface area contributed by atoms with Crippen molar-refractivity contribution in [2.24, 2.45) is 11.5 Å². The van der Waals surface area contributed by atoms with Crippen molar-refractivity contribution in [2.75, 3.05) is 0 Å². The van der Waals surface area contributed by atoms with Crippen molar-refractivity contribution in [2.45, 2.75) is 12.8 Å². The van der Waals surface area contributed by atoms with E-state index in [0.29, 0.717) is 5.82 Å². The van der Waals surface area contributed by atoms with Crippen LogP contribution in [-0.2, 0) is 22.4 Å². The van der Waals surface area contributed by atoms with Crippen molar-refractivity contribution in [3.05, 3.63) is 66.2 Å². The first kappa shape index (κ1) is 17.2. The van der Waals surface area contributed by atoms with E-state index in [-0.39, 0.29) is 24.5 Å². The van der Waals surface area contributed by atoms with E-state index in [9.17, 15) is 9.59 Å². The number of nitrogens with two attached hydrogens (primary N) is 2. The maximum Gasteiger partial charge on any atom is 0.225 e. The Balaban J connectivity index is 1.96. The molecule has 4 N–H and O–H groups in total. The van der Waals surface area contributed by atoms with Gasteiger partial charge in [-0.25, -0.2) is 15.0 Å². The molecule has 0 spiro atoms. The molecule has 7 nitrogen and oxygen atoms in total. The van der Waals surface area contributed by atoms with Gasteiger partial charge in [-0.15, -0.1) is 0 Å². The van der Waals surface area contributed by atoms with Crippen LogP contribution in [0, 0.1) is 0 Å². The minimum Gasteiger partial charge on any atom is -0.369 e. The highest BCUT2D eigenvalue weighted by molar-refractivity contribution is 5.77. The molecule has 2 aromatic carbocycles. The average Bonchev–Trinajstić information content (AvgIpc) is 2.61. The van der Waals surface area contributed by atoms with E-state index >= 15 is 0 Å². The third-order valence-electron chi connectivity index (χ3n) is 3.64. The van der Waals surface area contributed by atoms with Crippen LogP contribution in [0.25, 0.3) is 22.5 Å². The molecule has 3 aromatic rings. The third-order valence-corrected chi connectivity index (χ3v) is 3.64. The van der Waals surface area contributed by atoms with Gasteiger partial charge in [-0.05, 0) is 11.1 Å². The number of rotatable bonds is 6. The highest BCUT2D eigenvalue weighted by atomic mass is 16.1. The Bertz CT molecular complexity index is 906. The zero-order valence-electron chi connectivity index (χ0n) is 13.9. The van der Waals surface area contributed by atoms with Crippen LogP contribution in [-0.4, -0.2) is 26.8 Å². The molecule has 130 valence electrons. The predicted octanol–water partition coefficient (Wildman–Crippen LogP) is 1.26. The number of hydrogen-bond donors (Lipinski definition) is 2. The van der Waals surface area contributed by atoms with Gasteiger partial charge >= 0.3 is 0 Å². The molecule has 7 heteroatoms. The van der Waals surface area contributed by atoms with Gasteiger partial charge in [0.15, 0.2) is 5.82 Å². The summed E-state index contributed by atoms with van der Waals surface area (Å²) in [6, 6.07) is 17.6. The summed E-state index contributed by atoms with van der Waals surface area (Å²) >= 11 is 0. The standard InChI is InChI=1S/C19H17N5O2/c20-15(25)10-17-22-18(11-16(21)26)24-19(23-17)14-8-6-13(7-9-14)12-4-2-1-3-5-12/h1-9H,10-11H2,(H2,20,25)(H2,21,26). The number of carbonyl (C=O) groups is 2. The van der Waals surface area contributed by atoms with E-state index < -0.39 is 11.8 Å². The smallest absolute Gasteiger partial charge is 0.225 e. The second-order valence-electron chi connectivity index (χ2n) is 5.72. The molecule has 1 aromatic heterocycles. The van der Waals surface area contributed by atoms with Gasteiger partial charge in [0.1, 0.15) is 11.6 Å². The molecule has 0 aliphatic rings. The Morgan fingerprint density at radius 3 is 1.62 bits per heavy atom.